The predicted molar refractivity (Wildman–Crippen MR) is 162 cm³/mol. The van der Waals surface area contributed by atoms with E-state index in [9.17, 15) is 14.4 Å². The second-order valence-electron chi connectivity index (χ2n) is 12.0. The summed E-state index contributed by atoms with van der Waals surface area (Å²) < 4.78 is 17.5. The van der Waals surface area contributed by atoms with Crippen molar-refractivity contribution in [3.8, 4) is 0 Å². The lowest BCUT2D eigenvalue weighted by Crippen LogP contribution is -2.54. The summed E-state index contributed by atoms with van der Waals surface area (Å²) in [5.74, 6) is -1.38. The zero-order valence-electron chi connectivity index (χ0n) is 25.2. The van der Waals surface area contributed by atoms with Gasteiger partial charge in [0.1, 0.15) is 23.9 Å². The molecule has 0 aromatic heterocycles. The molecule has 0 bridgehead atoms. The number of thioether (sulfide) groups is 1. The minimum absolute atomic E-state index is 0.0963. The number of rotatable bonds is 13. The third kappa shape index (κ3) is 11.2. The number of hydrogen-bond donors (Lipinski definition) is 1. The normalized spacial score (nSPS) is 20.1. The first kappa shape index (κ1) is 34.4. The molecule has 0 aromatic carbocycles. The lowest BCUT2D eigenvalue weighted by molar-refractivity contribution is -0.159. The van der Waals surface area contributed by atoms with Crippen LogP contribution in [0.2, 0.25) is 0 Å². The Bertz CT molecular complexity index is 842. The highest BCUT2D eigenvalue weighted by atomic mass is 32.2. The number of carbonyl (C=O) groups excluding carboxylic acids is 3. The number of esters is 3. The Morgan fingerprint density at radius 1 is 0.825 bits per heavy atom. The van der Waals surface area contributed by atoms with Gasteiger partial charge in [-0.1, -0.05) is 65.5 Å². The molecule has 2 unspecified atom stereocenters. The Kier molecular flexibility index (Phi) is 15.4. The average Bonchev–Trinajstić information content (AvgIpc) is 2.88. The standard InChI is InChI=1S/C32H53NO6S/c1-23(2)22-28(24(3)29(34)37-26-16-12-8-6-9-13-17-26)39-31(36)32(33,20-21-40-5)25(4)30(35)38-27-18-14-10-7-11-15-19-27/h23,26-28H,3-4,6-22,33H2,1-2,5H3. The van der Waals surface area contributed by atoms with Gasteiger partial charge >= 0.3 is 17.9 Å². The number of hydrogen-bond acceptors (Lipinski definition) is 8. The van der Waals surface area contributed by atoms with Crippen molar-refractivity contribution in [1.82, 2.24) is 0 Å². The van der Waals surface area contributed by atoms with Crippen molar-refractivity contribution in [1.29, 1.82) is 0 Å². The minimum atomic E-state index is -1.78. The van der Waals surface area contributed by atoms with E-state index >= 15 is 0 Å². The Hall–Kier alpha value is -1.80. The van der Waals surface area contributed by atoms with E-state index in [1.165, 1.54) is 24.6 Å². The van der Waals surface area contributed by atoms with Crippen molar-refractivity contribution in [2.24, 2.45) is 11.7 Å². The van der Waals surface area contributed by atoms with Gasteiger partial charge in [-0.05, 0) is 82.1 Å². The summed E-state index contributed by atoms with van der Waals surface area (Å²) in [6, 6.07) is 0. The average molecular weight is 580 g/mol. The molecular formula is C32H53NO6S. The van der Waals surface area contributed by atoms with Crippen molar-refractivity contribution in [2.75, 3.05) is 12.0 Å². The molecule has 0 radical (unpaired) electrons. The molecule has 2 aliphatic rings. The van der Waals surface area contributed by atoms with Crippen LogP contribution in [0.4, 0.5) is 0 Å². The van der Waals surface area contributed by atoms with Gasteiger partial charge in [0.05, 0.1) is 11.1 Å². The lowest BCUT2D eigenvalue weighted by Gasteiger charge is -2.32. The third-order valence-corrected chi connectivity index (χ3v) is 8.70. The van der Waals surface area contributed by atoms with E-state index in [0.29, 0.717) is 12.2 Å². The highest BCUT2D eigenvalue weighted by Gasteiger charge is 2.44. The van der Waals surface area contributed by atoms with E-state index in [1.807, 2.05) is 20.1 Å². The van der Waals surface area contributed by atoms with E-state index in [0.717, 1.165) is 77.0 Å². The highest BCUT2D eigenvalue weighted by Crippen LogP contribution is 2.28. The molecule has 2 fully saturated rings. The number of nitrogens with two attached hydrogens (primary N) is 1. The van der Waals surface area contributed by atoms with Crippen LogP contribution in [-0.4, -0.2) is 53.8 Å². The first-order valence-electron chi connectivity index (χ1n) is 15.4. The molecule has 2 atom stereocenters. The molecule has 8 heteroatoms. The van der Waals surface area contributed by atoms with Gasteiger partial charge in [0, 0.05) is 0 Å². The first-order valence-corrected chi connectivity index (χ1v) is 16.8. The van der Waals surface area contributed by atoms with Gasteiger partial charge in [-0.3, -0.25) is 0 Å². The largest absolute Gasteiger partial charge is 0.459 e. The van der Waals surface area contributed by atoms with E-state index in [1.54, 1.807) is 0 Å². The number of carbonyl (C=O) groups is 3. The molecule has 40 heavy (non-hydrogen) atoms. The van der Waals surface area contributed by atoms with Crippen LogP contribution in [0, 0.1) is 5.92 Å². The van der Waals surface area contributed by atoms with E-state index in [2.05, 4.69) is 13.2 Å². The molecule has 0 amide bonds. The van der Waals surface area contributed by atoms with Gasteiger partial charge in [0.2, 0.25) is 0 Å². The molecule has 228 valence electrons. The Balaban J connectivity index is 2.14. The van der Waals surface area contributed by atoms with Crippen molar-refractivity contribution >= 4 is 29.7 Å². The van der Waals surface area contributed by atoms with Crippen molar-refractivity contribution in [3.05, 3.63) is 24.3 Å². The molecule has 7 nitrogen and oxygen atoms in total. The maximum atomic E-state index is 13.7. The third-order valence-electron chi connectivity index (χ3n) is 8.09. The molecule has 2 saturated carbocycles. The quantitative estimate of drug-likeness (QED) is 0.144. The monoisotopic (exact) mass is 579 g/mol. The van der Waals surface area contributed by atoms with Crippen LogP contribution < -0.4 is 5.73 Å². The zero-order valence-corrected chi connectivity index (χ0v) is 26.0. The predicted octanol–water partition coefficient (Wildman–Crippen LogP) is 6.82. The Labute approximate surface area is 246 Å². The molecule has 2 aliphatic carbocycles. The summed E-state index contributed by atoms with van der Waals surface area (Å²) in [4.78, 5) is 40.0. The summed E-state index contributed by atoms with van der Waals surface area (Å²) in [7, 11) is 0. The van der Waals surface area contributed by atoms with Gasteiger partial charge < -0.3 is 19.9 Å². The molecule has 0 heterocycles. The van der Waals surface area contributed by atoms with Crippen molar-refractivity contribution < 1.29 is 28.6 Å². The Morgan fingerprint density at radius 2 is 1.27 bits per heavy atom. The second kappa shape index (κ2) is 17.9. The van der Waals surface area contributed by atoms with Gasteiger partial charge in [0.25, 0.3) is 0 Å². The maximum Gasteiger partial charge on any atom is 0.337 e. The van der Waals surface area contributed by atoms with E-state index < -0.39 is 29.6 Å². The second-order valence-corrected chi connectivity index (χ2v) is 13.0. The summed E-state index contributed by atoms with van der Waals surface area (Å²) in [5, 5.41) is 0. The summed E-state index contributed by atoms with van der Waals surface area (Å²) in [6.45, 7) is 11.9. The van der Waals surface area contributed by atoms with Crippen LogP contribution in [-0.2, 0) is 28.6 Å². The van der Waals surface area contributed by atoms with E-state index in [4.69, 9.17) is 19.9 Å². The topological polar surface area (TPSA) is 105 Å². The van der Waals surface area contributed by atoms with E-state index in [-0.39, 0.29) is 35.7 Å². The maximum absolute atomic E-state index is 13.7. The molecule has 2 rings (SSSR count). The molecule has 0 saturated heterocycles. The van der Waals surface area contributed by atoms with Crippen molar-refractivity contribution in [3.63, 3.8) is 0 Å². The van der Waals surface area contributed by atoms with Crippen LogP contribution >= 0.6 is 11.8 Å². The summed E-state index contributed by atoms with van der Waals surface area (Å²) in [6.07, 6.45) is 15.4. The summed E-state index contributed by atoms with van der Waals surface area (Å²) >= 11 is 1.51. The fourth-order valence-corrected chi connectivity index (χ4v) is 5.93. The smallest absolute Gasteiger partial charge is 0.337 e. The van der Waals surface area contributed by atoms with Crippen LogP contribution in [0.3, 0.4) is 0 Å². The van der Waals surface area contributed by atoms with Crippen LogP contribution in [0.5, 0.6) is 0 Å². The Morgan fingerprint density at radius 3 is 1.73 bits per heavy atom. The van der Waals surface area contributed by atoms with Crippen LogP contribution in [0.15, 0.2) is 24.3 Å². The fraction of sp³-hybridized carbons (Fsp3) is 0.781. The van der Waals surface area contributed by atoms with Crippen LogP contribution in [0.25, 0.3) is 0 Å². The SMILES string of the molecule is C=C(C(=O)OC1CCCCCCC1)C(CC(C)C)OC(=O)C(N)(CCSC)C(=C)C(=O)OC1CCCCCCC1. The molecule has 0 spiro atoms. The minimum Gasteiger partial charge on any atom is -0.459 e. The molecule has 0 aromatic rings. The molecular weight excluding hydrogens is 526 g/mol. The van der Waals surface area contributed by atoms with Gasteiger partial charge in [-0.25, -0.2) is 14.4 Å². The van der Waals surface area contributed by atoms with Gasteiger partial charge in [-0.15, -0.1) is 0 Å². The fourth-order valence-electron chi connectivity index (χ4n) is 5.40. The zero-order chi connectivity index (χ0) is 29.5. The van der Waals surface area contributed by atoms with Gasteiger partial charge in [-0.2, -0.15) is 11.8 Å². The van der Waals surface area contributed by atoms with Crippen LogP contribution in [0.1, 0.15) is 117 Å². The highest BCUT2D eigenvalue weighted by molar-refractivity contribution is 7.98. The van der Waals surface area contributed by atoms with Crippen molar-refractivity contribution in [2.45, 2.75) is 140 Å². The molecule has 0 aliphatic heterocycles. The number of ether oxygens (including phenoxy) is 3. The molecule has 2 N–H and O–H groups in total. The lowest BCUT2D eigenvalue weighted by atomic mass is 9.88. The first-order chi connectivity index (χ1) is 19.1. The summed E-state index contributed by atoms with van der Waals surface area (Å²) in [5.41, 5.74) is 4.84. The van der Waals surface area contributed by atoms with Gasteiger partial charge in [0.15, 0.2) is 0 Å².